The lowest BCUT2D eigenvalue weighted by Crippen LogP contribution is -2.18. The summed E-state index contributed by atoms with van der Waals surface area (Å²) in [5.74, 6) is -1.87. The van der Waals surface area contributed by atoms with Crippen LogP contribution < -0.4 is 10.1 Å². The number of halogens is 4. The normalized spacial score (nSPS) is 11.1. The van der Waals surface area contributed by atoms with Crippen molar-refractivity contribution in [2.45, 2.75) is 6.18 Å². The third-order valence-electron chi connectivity index (χ3n) is 2.69. The number of ether oxygens (including phenoxy) is 1. The molecule has 1 amide bonds. The molecule has 0 saturated heterocycles. The number of carbonyl (C=O) groups excluding carboxylic acids is 1. The molecule has 1 aromatic heterocycles. The molecule has 0 saturated carbocycles. The van der Waals surface area contributed by atoms with Crippen LogP contribution in [0.5, 0.6) is 11.6 Å². The van der Waals surface area contributed by atoms with Gasteiger partial charge < -0.3 is 10.1 Å². The lowest BCUT2D eigenvalue weighted by molar-refractivity contribution is -0.137. The van der Waals surface area contributed by atoms with Crippen LogP contribution in [0.3, 0.4) is 0 Å². The molecule has 0 aliphatic carbocycles. The number of hydrogen-bond acceptors (Lipinski definition) is 3. The number of aromatic nitrogens is 1. The van der Waals surface area contributed by atoms with Gasteiger partial charge >= 0.3 is 6.18 Å². The lowest BCUT2D eigenvalue weighted by Gasteiger charge is -2.09. The van der Waals surface area contributed by atoms with E-state index < -0.39 is 29.3 Å². The average molecular weight is 314 g/mol. The third-order valence-corrected chi connectivity index (χ3v) is 2.69. The summed E-state index contributed by atoms with van der Waals surface area (Å²) < 4.78 is 56.1. The van der Waals surface area contributed by atoms with Crippen LogP contribution in [0.4, 0.5) is 17.6 Å². The Kier molecular flexibility index (Phi) is 4.30. The predicted octanol–water partition coefficient (Wildman–Crippen LogP) is 3.39. The zero-order chi connectivity index (χ0) is 16.3. The lowest BCUT2D eigenvalue weighted by atomic mass is 10.2. The second kappa shape index (κ2) is 6.00. The van der Waals surface area contributed by atoms with Crippen LogP contribution in [0.1, 0.15) is 15.9 Å². The molecule has 116 valence electrons. The van der Waals surface area contributed by atoms with Crippen molar-refractivity contribution in [3.05, 3.63) is 53.5 Å². The first-order valence-electron chi connectivity index (χ1n) is 6.04. The van der Waals surface area contributed by atoms with E-state index in [-0.39, 0.29) is 11.3 Å². The van der Waals surface area contributed by atoms with Crippen LogP contribution in [0.25, 0.3) is 0 Å². The SMILES string of the molecule is CNC(=O)c1cnc(Oc2ccc(C(F)(F)F)cc2)c(F)c1. The van der Waals surface area contributed by atoms with Crippen LogP contribution in [0.15, 0.2) is 36.5 Å². The van der Waals surface area contributed by atoms with Crippen molar-refractivity contribution in [1.82, 2.24) is 10.3 Å². The highest BCUT2D eigenvalue weighted by atomic mass is 19.4. The van der Waals surface area contributed by atoms with Gasteiger partial charge in [-0.2, -0.15) is 13.2 Å². The molecule has 1 N–H and O–H groups in total. The highest BCUT2D eigenvalue weighted by molar-refractivity contribution is 5.93. The fraction of sp³-hybridized carbons (Fsp3) is 0.143. The molecule has 0 atom stereocenters. The summed E-state index contributed by atoms with van der Waals surface area (Å²) in [6.07, 6.45) is -3.36. The molecule has 2 rings (SSSR count). The van der Waals surface area contributed by atoms with Gasteiger partial charge in [0.2, 0.25) is 0 Å². The van der Waals surface area contributed by atoms with Crippen LogP contribution >= 0.6 is 0 Å². The highest BCUT2D eigenvalue weighted by Crippen LogP contribution is 2.31. The van der Waals surface area contributed by atoms with E-state index in [1.54, 1.807) is 0 Å². The summed E-state index contributed by atoms with van der Waals surface area (Å²) in [7, 11) is 1.38. The topological polar surface area (TPSA) is 51.2 Å². The Morgan fingerprint density at radius 3 is 2.36 bits per heavy atom. The van der Waals surface area contributed by atoms with Crippen molar-refractivity contribution in [2.24, 2.45) is 0 Å². The molecule has 0 aliphatic rings. The zero-order valence-corrected chi connectivity index (χ0v) is 11.2. The molecule has 8 heteroatoms. The largest absolute Gasteiger partial charge is 0.436 e. The second-order valence-electron chi connectivity index (χ2n) is 4.21. The monoisotopic (exact) mass is 314 g/mol. The Morgan fingerprint density at radius 1 is 1.23 bits per heavy atom. The van der Waals surface area contributed by atoms with Gasteiger partial charge in [0.05, 0.1) is 11.1 Å². The Bertz CT molecular complexity index is 684. The number of nitrogens with one attached hydrogen (secondary N) is 1. The molecular formula is C14H10F4N2O2. The van der Waals surface area contributed by atoms with Gasteiger partial charge in [-0.05, 0) is 30.3 Å². The van der Waals surface area contributed by atoms with Crippen molar-refractivity contribution in [1.29, 1.82) is 0 Å². The van der Waals surface area contributed by atoms with E-state index in [0.717, 1.165) is 36.5 Å². The highest BCUT2D eigenvalue weighted by Gasteiger charge is 2.30. The molecule has 0 fully saturated rings. The molecule has 4 nitrogen and oxygen atoms in total. The first-order valence-corrected chi connectivity index (χ1v) is 6.04. The number of hydrogen-bond donors (Lipinski definition) is 1. The number of carbonyl (C=O) groups is 1. The van der Waals surface area contributed by atoms with E-state index in [2.05, 4.69) is 10.3 Å². The van der Waals surface area contributed by atoms with E-state index in [1.807, 2.05) is 0 Å². The summed E-state index contributed by atoms with van der Waals surface area (Å²) >= 11 is 0. The van der Waals surface area contributed by atoms with Gasteiger partial charge in [-0.15, -0.1) is 0 Å². The molecule has 2 aromatic rings. The first-order chi connectivity index (χ1) is 10.3. The fourth-order valence-electron chi connectivity index (χ4n) is 1.59. The van der Waals surface area contributed by atoms with Crippen molar-refractivity contribution in [2.75, 3.05) is 7.05 Å². The van der Waals surface area contributed by atoms with Gasteiger partial charge in [0.1, 0.15) is 5.75 Å². The first kappa shape index (κ1) is 15.7. The van der Waals surface area contributed by atoms with Crippen molar-refractivity contribution in [3.8, 4) is 11.6 Å². The molecule has 22 heavy (non-hydrogen) atoms. The molecule has 1 aromatic carbocycles. The van der Waals surface area contributed by atoms with E-state index in [9.17, 15) is 22.4 Å². The number of amides is 1. The molecule has 0 aliphatic heterocycles. The molecule has 0 unspecified atom stereocenters. The molecule has 0 bridgehead atoms. The van der Waals surface area contributed by atoms with Crippen molar-refractivity contribution in [3.63, 3.8) is 0 Å². The van der Waals surface area contributed by atoms with Crippen LogP contribution in [-0.2, 0) is 6.18 Å². The van der Waals surface area contributed by atoms with E-state index >= 15 is 0 Å². The standard InChI is InChI=1S/C14H10F4N2O2/c1-19-12(21)8-6-11(15)13(20-7-8)22-10-4-2-9(3-5-10)14(16,17)18/h2-7H,1H3,(H,19,21). The Balaban J connectivity index is 2.19. The van der Waals surface area contributed by atoms with Gasteiger partial charge in [0.15, 0.2) is 5.82 Å². The predicted molar refractivity (Wildman–Crippen MR) is 69.1 cm³/mol. The molecule has 1 heterocycles. The van der Waals surface area contributed by atoms with Gasteiger partial charge in [0, 0.05) is 13.2 Å². The van der Waals surface area contributed by atoms with Gasteiger partial charge in [-0.3, -0.25) is 4.79 Å². The Hall–Kier alpha value is -2.64. The van der Waals surface area contributed by atoms with Crippen LogP contribution in [0, 0.1) is 5.82 Å². The van der Waals surface area contributed by atoms with Gasteiger partial charge in [-0.25, -0.2) is 9.37 Å². The summed E-state index contributed by atoms with van der Waals surface area (Å²) in [6.45, 7) is 0. The van der Waals surface area contributed by atoms with E-state index in [0.29, 0.717) is 0 Å². The quantitative estimate of drug-likeness (QED) is 0.884. The molecular weight excluding hydrogens is 304 g/mol. The number of pyridine rings is 1. The zero-order valence-electron chi connectivity index (χ0n) is 11.2. The van der Waals surface area contributed by atoms with Gasteiger partial charge in [-0.1, -0.05) is 0 Å². The number of nitrogens with zero attached hydrogens (tertiary/aromatic N) is 1. The maximum Gasteiger partial charge on any atom is 0.416 e. The van der Waals surface area contributed by atoms with Crippen molar-refractivity contribution < 1.29 is 27.1 Å². The Morgan fingerprint density at radius 2 is 1.86 bits per heavy atom. The maximum atomic E-state index is 13.8. The molecule has 0 spiro atoms. The smallest absolute Gasteiger partial charge is 0.416 e. The maximum absolute atomic E-state index is 13.8. The van der Waals surface area contributed by atoms with E-state index in [1.165, 1.54) is 7.05 Å². The second-order valence-corrected chi connectivity index (χ2v) is 4.21. The van der Waals surface area contributed by atoms with Gasteiger partial charge in [0.25, 0.3) is 11.8 Å². The summed E-state index contributed by atoms with van der Waals surface area (Å²) in [4.78, 5) is 14.9. The minimum atomic E-state index is -4.46. The summed E-state index contributed by atoms with van der Waals surface area (Å²) in [6, 6.07) is 4.65. The summed E-state index contributed by atoms with van der Waals surface area (Å²) in [5.41, 5.74) is -0.844. The minimum Gasteiger partial charge on any atom is -0.436 e. The van der Waals surface area contributed by atoms with E-state index in [4.69, 9.17) is 4.74 Å². The minimum absolute atomic E-state index is 0.000214. The Labute approximate surface area is 122 Å². The number of benzene rings is 1. The number of alkyl halides is 3. The third kappa shape index (κ3) is 3.51. The fourth-order valence-corrected chi connectivity index (χ4v) is 1.59. The number of rotatable bonds is 3. The van der Waals surface area contributed by atoms with Crippen molar-refractivity contribution >= 4 is 5.91 Å². The summed E-state index contributed by atoms with van der Waals surface area (Å²) in [5, 5.41) is 2.31. The van der Waals surface area contributed by atoms with Crippen LogP contribution in [0.2, 0.25) is 0 Å². The average Bonchev–Trinajstić information content (AvgIpc) is 2.48. The van der Waals surface area contributed by atoms with Crippen LogP contribution in [-0.4, -0.2) is 17.9 Å². The molecule has 0 radical (unpaired) electrons.